The van der Waals surface area contributed by atoms with E-state index < -0.39 is 0 Å². The van der Waals surface area contributed by atoms with Crippen molar-refractivity contribution in [2.75, 3.05) is 29.3 Å². The van der Waals surface area contributed by atoms with Gasteiger partial charge in [-0.15, -0.1) is 0 Å². The van der Waals surface area contributed by atoms with Gasteiger partial charge >= 0.3 is 0 Å². The fourth-order valence-corrected chi connectivity index (χ4v) is 4.55. The molecule has 7 heteroatoms. The van der Waals surface area contributed by atoms with Crippen LogP contribution in [0.4, 0.5) is 17.1 Å². The van der Waals surface area contributed by atoms with E-state index in [1.54, 1.807) is 25.1 Å². The van der Waals surface area contributed by atoms with Crippen LogP contribution in [0.2, 0.25) is 5.28 Å². The standard InChI is InChI=1S/C17H19ClN4OS/c1-11-4-3-5-21(11)12-6-13(8-14(7-12)23-2)22-10-24-16-15(22)9-19-17(18)20-16/h6-9,11H,3-5,10H2,1-2H3/t11-/m0/s1. The first-order chi connectivity index (χ1) is 11.7. The Labute approximate surface area is 151 Å². The number of benzene rings is 1. The second-order valence-electron chi connectivity index (χ2n) is 6.10. The zero-order valence-corrected chi connectivity index (χ0v) is 15.3. The summed E-state index contributed by atoms with van der Waals surface area (Å²) >= 11 is 7.58. The fraction of sp³-hybridized carbons (Fsp3) is 0.412. The monoisotopic (exact) mass is 362 g/mol. The smallest absolute Gasteiger partial charge is 0.223 e. The van der Waals surface area contributed by atoms with Gasteiger partial charge in [0.1, 0.15) is 10.8 Å². The van der Waals surface area contributed by atoms with E-state index in [1.807, 2.05) is 0 Å². The van der Waals surface area contributed by atoms with E-state index in [0.717, 1.165) is 34.6 Å². The highest BCUT2D eigenvalue weighted by Gasteiger charge is 2.26. The van der Waals surface area contributed by atoms with E-state index in [4.69, 9.17) is 16.3 Å². The van der Waals surface area contributed by atoms with Crippen molar-refractivity contribution in [1.29, 1.82) is 0 Å². The van der Waals surface area contributed by atoms with Crippen molar-refractivity contribution in [3.8, 4) is 5.75 Å². The Bertz CT molecular complexity index is 772. The van der Waals surface area contributed by atoms with Crippen molar-refractivity contribution < 1.29 is 4.74 Å². The van der Waals surface area contributed by atoms with Crippen LogP contribution in [0.15, 0.2) is 29.4 Å². The molecule has 2 aromatic rings. The van der Waals surface area contributed by atoms with Crippen molar-refractivity contribution in [2.24, 2.45) is 0 Å². The zero-order chi connectivity index (χ0) is 16.7. The number of thioether (sulfide) groups is 1. The number of halogens is 1. The summed E-state index contributed by atoms with van der Waals surface area (Å²) in [5.41, 5.74) is 3.31. The molecular formula is C17H19ClN4OS. The number of hydrogen-bond acceptors (Lipinski definition) is 6. The Kier molecular flexibility index (Phi) is 4.18. The van der Waals surface area contributed by atoms with Gasteiger partial charge in [0.25, 0.3) is 0 Å². The summed E-state index contributed by atoms with van der Waals surface area (Å²) in [5.74, 6) is 1.67. The van der Waals surface area contributed by atoms with Crippen molar-refractivity contribution in [1.82, 2.24) is 9.97 Å². The number of methoxy groups -OCH3 is 1. The minimum Gasteiger partial charge on any atom is -0.497 e. The minimum atomic E-state index is 0.292. The molecule has 0 amide bonds. The van der Waals surface area contributed by atoms with Gasteiger partial charge in [0.2, 0.25) is 5.28 Å². The molecule has 0 saturated carbocycles. The van der Waals surface area contributed by atoms with Crippen LogP contribution in [-0.2, 0) is 0 Å². The van der Waals surface area contributed by atoms with E-state index in [0.29, 0.717) is 11.3 Å². The minimum absolute atomic E-state index is 0.292. The predicted molar refractivity (Wildman–Crippen MR) is 98.9 cm³/mol. The van der Waals surface area contributed by atoms with Gasteiger partial charge in [-0.2, -0.15) is 0 Å². The number of fused-ring (bicyclic) bond motifs is 1. The molecular weight excluding hydrogens is 344 g/mol. The number of hydrogen-bond donors (Lipinski definition) is 0. The molecule has 0 aliphatic carbocycles. The van der Waals surface area contributed by atoms with Crippen LogP contribution in [0.5, 0.6) is 5.75 Å². The van der Waals surface area contributed by atoms with Crippen LogP contribution in [0, 0.1) is 0 Å². The van der Waals surface area contributed by atoms with E-state index in [2.05, 4.69) is 44.9 Å². The highest BCUT2D eigenvalue weighted by atomic mass is 35.5. The lowest BCUT2D eigenvalue weighted by Gasteiger charge is -2.27. The molecule has 0 spiro atoms. The van der Waals surface area contributed by atoms with E-state index in [-0.39, 0.29) is 0 Å². The molecule has 1 saturated heterocycles. The second kappa shape index (κ2) is 6.33. The summed E-state index contributed by atoms with van der Waals surface area (Å²) in [6.45, 7) is 3.38. The number of anilines is 3. The Balaban J connectivity index is 1.74. The summed E-state index contributed by atoms with van der Waals surface area (Å²) in [4.78, 5) is 13.1. The van der Waals surface area contributed by atoms with Crippen LogP contribution in [-0.4, -0.2) is 35.5 Å². The van der Waals surface area contributed by atoms with Gasteiger partial charge in [-0.3, -0.25) is 0 Å². The van der Waals surface area contributed by atoms with Gasteiger partial charge in [-0.05, 0) is 37.4 Å². The molecule has 2 aliphatic heterocycles. The Morgan fingerprint density at radius 1 is 1.29 bits per heavy atom. The number of ether oxygens (including phenoxy) is 1. The SMILES string of the molecule is COc1cc(N2CSc3nc(Cl)ncc32)cc(N2CCC[C@@H]2C)c1. The maximum absolute atomic E-state index is 5.91. The van der Waals surface area contributed by atoms with Gasteiger partial charge < -0.3 is 14.5 Å². The molecule has 5 nitrogen and oxygen atoms in total. The zero-order valence-electron chi connectivity index (χ0n) is 13.7. The molecule has 1 aromatic carbocycles. The Hall–Kier alpha value is -1.66. The van der Waals surface area contributed by atoms with E-state index in [9.17, 15) is 0 Å². The summed E-state index contributed by atoms with van der Waals surface area (Å²) in [6, 6.07) is 6.98. The average Bonchev–Trinajstić information content (AvgIpc) is 3.20. The third-order valence-corrected chi connectivity index (χ3v) is 5.78. The van der Waals surface area contributed by atoms with E-state index >= 15 is 0 Å². The lowest BCUT2D eigenvalue weighted by atomic mass is 10.2. The summed E-state index contributed by atoms with van der Waals surface area (Å²) in [6.07, 6.45) is 4.27. The summed E-state index contributed by atoms with van der Waals surface area (Å²) in [5, 5.41) is 1.22. The molecule has 2 aliphatic rings. The van der Waals surface area contributed by atoms with Crippen LogP contribution >= 0.6 is 23.4 Å². The average molecular weight is 363 g/mol. The van der Waals surface area contributed by atoms with Crippen LogP contribution in [0.3, 0.4) is 0 Å². The lowest BCUT2D eigenvalue weighted by Crippen LogP contribution is -2.26. The maximum Gasteiger partial charge on any atom is 0.223 e. The molecule has 1 atom stereocenters. The topological polar surface area (TPSA) is 41.5 Å². The predicted octanol–water partition coefficient (Wildman–Crippen LogP) is 4.33. The van der Waals surface area contributed by atoms with Gasteiger partial charge in [-0.25, -0.2) is 9.97 Å². The molecule has 0 unspecified atom stereocenters. The quantitative estimate of drug-likeness (QED) is 0.598. The highest BCUT2D eigenvalue weighted by Crippen LogP contribution is 2.43. The lowest BCUT2D eigenvalue weighted by molar-refractivity contribution is 0.415. The third-order valence-electron chi connectivity index (χ3n) is 4.64. The van der Waals surface area contributed by atoms with Crippen LogP contribution in [0.25, 0.3) is 0 Å². The first-order valence-electron chi connectivity index (χ1n) is 8.04. The van der Waals surface area contributed by atoms with Crippen LogP contribution in [0.1, 0.15) is 19.8 Å². The second-order valence-corrected chi connectivity index (χ2v) is 7.38. The van der Waals surface area contributed by atoms with Gasteiger partial charge in [0.15, 0.2) is 0 Å². The molecule has 24 heavy (non-hydrogen) atoms. The van der Waals surface area contributed by atoms with E-state index in [1.165, 1.54) is 18.5 Å². The molecule has 1 fully saturated rings. The number of rotatable bonds is 3. The number of nitrogens with zero attached hydrogens (tertiary/aromatic N) is 4. The Morgan fingerprint density at radius 2 is 2.12 bits per heavy atom. The molecule has 126 valence electrons. The van der Waals surface area contributed by atoms with Crippen LogP contribution < -0.4 is 14.5 Å². The normalized spacial score (nSPS) is 19.7. The summed E-state index contributed by atoms with van der Waals surface area (Å²) < 4.78 is 5.54. The first kappa shape index (κ1) is 15.8. The molecule has 0 radical (unpaired) electrons. The Morgan fingerprint density at radius 3 is 2.88 bits per heavy atom. The van der Waals surface area contributed by atoms with Gasteiger partial charge in [0, 0.05) is 36.1 Å². The molecule has 0 N–H and O–H groups in total. The number of aromatic nitrogens is 2. The van der Waals surface area contributed by atoms with Gasteiger partial charge in [0.05, 0.1) is 24.9 Å². The van der Waals surface area contributed by atoms with Crippen molar-refractivity contribution in [3.63, 3.8) is 0 Å². The van der Waals surface area contributed by atoms with Crippen molar-refractivity contribution in [2.45, 2.75) is 30.8 Å². The highest BCUT2D eigenvalue weighted by molar-refractivity contribution is 7.99. The van der Waals surface area contributed by atoms with Crippen molar-refractivity contribution >= 4 is 40.4 Å². The molecule has 0 bridgehead atoms. The van der Waals surface area contributed by atoms with Crippen molar-refractivity contribution in [3.05, 3.63) is 29.7 Å². The first-order valence-corrected chi connectivity index (χ1v) is 9.40. The summed E-state index contributed by atoms with van der Waals surface area (Å²) in [7, 11) is 1.71. The third kappa shape index (κ3) is 2.78. The fourth-order valence-electron chi connectivity index (χ4n) is 3.36. The van der Waals surface area contributed by atoms with Gasteiger partial charge in [-0.1, -0.05) is 11.8 Å². The molecule has 3 heterocycles. The molecule has 1 aromatic heterocycles. The largest absolute Gasteiger partial charge is 0.497 e. The molecule has 4 rings (SSSR count). The maximum atomic E-state index is 5.91.